The second kappa shape index (κ2) is 4.81. The quantitative estimate of drug-likeness (QED) is 0.438. The third-order valence-corrected chi connectivity index (χ3v) is 3.92. The number of nitro benzene ring substituents is 1. The van der Waals surface area contributed by atoms with Gasteiger partial charge >= 0.3 is 0 Å². The molecule has 0 spiro atoms. The van der Waals surface area contributed by atoms with Gasteiger partial charge in [-0.05, 0) is 23.6 Å². The summed E-state index contributed by atoms with van der Waals surface area (Å²) in [5, 5.41) is 12.5. The van der Waals surface area contributed by atoms with Crippen molar-refractivity contribution in [2.24, 2.45) is 0 Å². The van der Waals surface area contributed by atoms with Crippen molar-refractivity contribution in [2.45, 2.75) is 0 Å². The maximum atomic E-state index is 12.4. The summed E-state index contributed by atoms with van der Waals surface area (Å²) in [4.78, 5) is 28.7. The van der Waals surface area contributed by atoms with Crippen LogP contribution >= 0.6 is 0 Å². The van der Waals surface area contributed by atoms with Crippen molar-refractivity contribution in [3.63, 3.8) is 0 Å². The number of pyridine rings is 1. The molecule has 0 saturated carbocycles. The summed E-state index contributed by atoms with van der Waals surface area (Å²) < 4.78 is 0. The Kier molecular flexibility index (Phi) is 2.77. The van der Waals surface area contributed by atoms with Crippen LogP contribution < -0.4 is 5.56 Å². The van der Waals surface area contributed by atoms with Gasteiger partial charge in [-0.15, -0.1) is 0 Å². The van der Waals surface area contributed by atoms with E-state index in [2.05, 4.69) is 9.97 Å². The fourth-order valence-electron chi connectivity index (χ4n) is 2.80. The molecule has 2 heterocycles. The molecule has 23 heavy (non-hydrogen) atoms. The van der Waals surface area contributed by atoms with E-state index < -0.39 is 4.92 Å². The molecular weight excluding hydrogens is 294 g/mol. The number of fused-ring (bicyclic) bond motifs is 2. The Morgan fingerprint density at radius 2 is 1.78 bits per heavy atom. The van der Waals surface area contributed by atoms with E-state index in [-0.39, 0.29) is 11.2 Å². The normalized spacial score (nSPS) is 11.1. The summed E-state index contributed by atoms with van der Waals surface area (Å²) in [7, 11) is 0. The largest absolute Gasteiger partial charge is 0.361 e. The number of aromatic nitrogens is 2. The van der Waals surface area contributed by atoms with Crippen LogP contribution in [0.5, 0.6) is 0 Å². The number of nitrogens with one attached hydrogen (secondary N) is 2. The molecule has 112 valence electrons. The molecule has 0 aliphatic rings. The number of non-ortho nitro benzene ring substituents is 1. The molecule has 4 rings (SSSR count). The van der Waals surface area contributed by atoms with Crippen LogP contribution in [0.2, 0.25) is 0 Å². The van der Waals surface area contributed by atoms with Gasteiger partial charge in [0.25, 0.3) is 11.2 Å². The average Bonchev–Trinajstić information content (AvgIpc) is 2.97. The Morgan fingerprint density at radius 1 is 0.957 bits per heavy atom. The molecule has 6 heteroatoms. The summed E-state index contributed by atoms with van der Waals surface area (Å²) in [6, 6.07) is 13.9. The molecule has 0 aliphatic carbocycles. The third-order valence-electron chi connectivity index (χ3n) is 3.92. The van der Waals surface area contributed by atoms with Crippen LogP contribution in [0.1, 0.15) is 0 Å². The Labute approximate surface area is 129 Å². The second-order valence-corrected chi connectivity index (χ2v) is 5.29. The van der Waals surface area contributed by atoms with Crippen molar-refractivity contribution >= 4 is 27.5 Å². The van der Waals surface area contributed by atoms with Crippen molar-refractivity contribution in [2.75, 3.05) is 0 Å². The molecule has 2 aromatic carbocycles. The first kappa shape index (κ1) is 13.3. The lowest BCUT2D eigenvalue weighted by atomic mass is 10.0. The van der Waals surface area contributed by atoms with E-state index in [0.717, 1.165) is 21.9 Å². The zero-order valence-electron chi connectivity index (χ0n) is 11.9. The Bertz CT molecular complexity index is 1120. The smallest absolute Gasteiger partial charge is 0.271 e. The van der Waals surface area contributed by atoms with Crippen molar-refractivity contribution in [1.29, 1.82) is 0 Å². The first-order valence-electron chi connectivity index (χ1n) is 7.01. The van der Waals surface area contributed by atoms with Gasteiger partial charge < -0.3 is 9.97 Å². The van der Waals surface area contributed by atoms with E-state index in [1.807, 2.05) is 24.3 Å². The highest BCUT2D eigenvalue weighted by molar-refractivity contribution is 5.97. The van der Waals surface area contributed by atoms with Gasteiger partial charge in [0.05, 0.1) is 10.4 Å². The highest BCUT2D eigenvalue weighted by Crippen LogP contribution is 2.28. The number of nitrogens with zero attached hydrogens (tertiary/aromatic N) is 1. The predicted molar refractivity (Wildman–Crippen MR) is 88.5 cm³/mol. The van der Waals surface area contributed by atoms with Crippen molar-refractivity contribution in [3.05, 3.63) is 75.2 Å². The molecule has 0 saturated heterocycles. The van der Waals surface area contributed by atoms with Crippen LogP contribution in [0.4, 0.5) is 5.69 Å². The molecule has 0 amide bonds. The number of H-pyrrole nitrogens is 2. The van der Waals surface area contributed by atoms with E-state index in [0.29, 0.717) is 11.1 Å². The van der Waals surface area contributed by atoms with Crippen LogP contribution in [0, 0.1) is 10.1 Å². The SMILES string of the molecule is O=c1[nH]c2cc([N+](=O)[O-])ccc2cc1-c1c[nH]c2ccccc12. The maximum absolute atomic E-state index is 12.4. The third kappa shape index (κ3) is 2.08. The molecule has 0 atom stereocenters. The summed E-state index contributed by atoms with van der Waals surface area (Å²) >= 11 is 0. The molecule has 0 radical (unpaired) electrons. The molecular formula is C17H11N3O3. The molecule has 0 bridgehead atoms. The number of para-hydroxylation sites is 1. The van der Waals surface area contributed by atoms with Crippen LogP contribution in [0.3, 0.4) is 0 Å². The maximum Gasteiger partial charge on any atom is 0.271 e. The number of rotatable bonds is 2. The Morgan fingerprint density at radius 3 is 2.61 bits per heavy atom. The van der Waals surface area contributed by atoms with Crippen LogP contribution in [0.25, 0.3) is 32.9 Å². The van der Waals surface area contributed by atoms with Gasteiger partial charge in [-0.1, -0.05) is 18.2 Å². The van der Waals surface area contributed by atoms with Crippen LogP contribution in [-0.2, 0) is 0 Å². The zero-order chi connectivity index (χ0) is 16.0. The lowest BCUT2D eigenvalue weighted by Crippen LogP contribution is -2.08. The van der Waals surface area contributed by atoms with Gasteiger partial charge in [-0.2, -0.15) is 0 Å². The molecule has 4 aromatic rings. The Hall–Kier alpha value is -3.41. The van der Waals surface area contributed by atoms with Gasteiger partial charge in [0, 0.05) is 40.4 Å². The number of hydrogen-bond donors (Lipinski definition) is 2. The van der Waals surface area contributed by atoms with Gasteiger partial charge in [0.1, 0.15) is 0 Å². The molecule has 0 unspecified atom stereocenters. The van der Waals surface area contributed by atoms with Crippen molar-refractivity contribution in [1.82, 2.24) is 9.97 Å². The number of benzene rings is 2. The van der Waals surface area contributed by atoms with Crippen LogP contribution in [0.15, 0.2) is 59.5 Å². The zero-order valence-corrected chi connectivity index (χ0v) is 11.9. The van der Waals surface area contributed by atoms with Gasteiger partial charge in [0.2, 0.25) is 0 Å². The van der Waals surface area contributed by atoms with E-state index in [1.54, 1.807) is 18.3 Å². The van der Waals surface area contributed by atoms with Crippen LogP contribution in [-0.4, -0.2) is 14.9 Å². The summed E-state index contributed by atoms with van der Waals surface area (Å²) in [5.41, 5.74) is 2.42. The average molecular weight is 305 g/mol. The van der Waals surface area contributed by atoms with E-state index in [4.69, 9.17) is 0 Å². The second-order valence-electron chi connectivity index (χ2n) is 5.29. The fourth-order valence-corrected chi connectivity index (χ4v) is 2.80. The highest BCUT2D eigenvalue weighted by Gasteiger charge is 2.12. The molecule has 0 fully saturated rings. The lowest BCUT2D eigenvalue weighted by molar-refractivity contribution is -0.384. The summed E-state index contributed by atoms with van der Waals surface area (Å²) in [6.45, 7) is 0. The van der Waals surface area contributed by atoms with Crippen molar-refractivity contribution < 1.29 is 4.92 Å². The van der Waals surface area contributed by atoms with Crippen molar-refractivity contribution in [3.8, 4) is 11.1 Å². The van der Waals surface area contributed by atoms with E-state index in [1.165, 1.54) is 12.1 Å². The standard InChI is InChI=1S/C17H11N3O3/c21-17-13(14-9-18-15-4-2-1-3-12(14)15)7-10-5-6-11(20(22)23)8-16(10)19-17/h1-9,18H,(H,19,21). The molecule has 6 nitrogen and oxygen atoms in total. The predicted octanol–water partition coefficient (Wildman–Crippen LogP) is 3.58. The van der Waals surface area contributed by atoms with Gasteiger partial charge in [-0.3, -0.25) is 14.9 Å². The fraction of sp³-hybridized carbons (Fsp3) is 0. The molecule has 2 N–H and O–H groups in total. The first-order chi connectivity index (χ1) is 11.1. The molecule has 0 aliphatic heterocycles. The lowest BCUT2D eigenvalue weighted by Gasteiger charge is -2.03. The number of aromatic amines is 2. The number of hydrogen-bond acceptors (Lipinski definition) is 3. The Balaban J connectivity index is 1.98. The minimum absolute atomic E-state index is 0.0482. The van der Waals surface area contributed by atoms with Gasteiger partial charge in [0.15, 0.2) is 0 Å². The first-order valence-corrected chi connectivity index (χ1v) is 7.01. The van der Waals surface area contributed by atoms with E-state index >= 15 is 0 Å². The highest BCUT2D eigenvalue weighted by atomic mass is 16.6. The summed E-state index contributed by atoms with van der Waals surface area (Å²) in [5.74, 6) is 0. The number of nitro groups is 1. The molecule has 2 aromatic heterocycles. The van der Waals surface area contributed by atoms with Gasteiger partial charge in [-0.25, -0.2) is 0 Å². The van der Waals surface area contributed by atoms with E-state index in [9.17, 15) is 14.9 Å². The monoisotopic (exact) mass is 305 g/mol. The summed E-state index contributed by atoms with van der Waals surface area (Å²) in [6.07, 6.45) is 1.80. The minimum Gasteiger partial charge on any atom is -0.361 e. The minimum atomic E-state index is -0.481. The topological polar surface area (TPSA) is 91.8 Å².